The Morgan fingerprint density at radius 1 is 0.714 bits per heavy atom. The van der Waals surface area contributed by atoms with E-state index in [0.29, 0.717) is 11.1 Å². The van der Waals surface area contributed by atoms with Crippen molar-refractivity contribution in [3.8, 4) is 11.5 Å². The summed E-state index contributed by atoms with van der Waals surface area (Å²) in [5.41, 5.74) is 10.8. The molecular weight excluding hydrogens is 556 g/mol. The van der Waals surface area contributed by atoms with Crippen LogP contribution in [-0.4, -0.2) is 47.4 Å². The maximum atomic E-state index is 12.7. The molecule has 17 heteroatoms. The number of hydrogen-bond acceptors (Lipinski definition) is 11. The highest BCUT2D eigenvalue weighted by Gasteiger charge is 2.26. The van der Waals surface area contributed by atoms with Gasteiger partial charge in [0.25, 0.3) is 11.8 Å². The largest absolute Gasteiger partial charge is 0.519 e. The number of nitrogens with zero attached hydrogens (tertiary/aromatic N) is 6. The molecule has 4 rings (SSSR count). The van der Waals surface area contributed by atoms with Gasteiger partial charge in [-0.15, -0.1) is 0 Å². The van der Waals surface area contributed by atoms with E-state index in [9.17, 15) is 34.6 Å². The summed E-state index contributed by atoms with van der Waals surface area (Å²) >= 11 is 0. The zero-order valence-electron chi connectivity index (χ0n) is 21.6. The first-order valence-corrected chi connectivity index (χ1v) is 12.1. The molecule has 2 aromatic heterocycles. The highest BCUT2D eigenvalue weighted by atomic mass is 16.7. The maximum Gasteiger partial charge on any atom is 0.519 e. The van der Waals surface area contributed by atoms with E-state index in [2.05, 4.69) is 10.2 Å². The fraction of sp³-hybridized carbons (Fsp3) is 0.160. The topological polar surface area (TPSA) is 244 Å². The van der Waals surface area contributed by atoms with Gasteiger partial charge in [-0.3, -0.25) is 9.59 Å². The summed E-state index contributed by atoms with van der Waals surface area (Å²) in [7, 11) is 0. The fourth-order valence-corrected chi connectivity index (χ4v) is 3.96. The fourth-order valence-electron chi connectivity index (χ4n) is 3.96. The van der Waals surface area contributed by atoms with Crippen LogP contribution in [-0.2, 0) is 25.9 Å². The first-order chi connectivity index (χ1) is 20.0. The van der Waals surface area contributed by atoms with E-state index in [1.54, 1.807) is 36.4 Å². The number of para-hydroxylation sites is 2. The van der Waals surface area contributed by atoms with Crippen LogP contribution in [0.2, 0.25) is 0 Å². The molecule has 0 fully saturated rings. The average Bonchev–Trinajstić information content (AvgIpc) is 3.58. The van der Waals surface area contributed by atoms with Gasteiger partial charge in [-0.2, -0.15) is 9.36 Å². The van der Waals surface area contributed by atoms with Gasteiger partial charge in [0.05, 0.1) is 35.7 Å². The molecule has 0 aliphatic carbocycles. The van der Waals surface area contributed by atoms with Gasteiger partial charge in [0, 0.05) is 0 Å². The number of nitro groups is 2. The highest BCUT2D eigenvalue weighted by Crippen LogP contribution is 2.24. The van der Waals surface area contributed by atoms with Crippen LogP contribution in [0.5, 0.6) is 11.5 Å². The monoisotopic (exact) mass is 578 g/mol. The van der Waals surface area contributed by atoms with Crippen molar-refractivity contribution in [2.45, 2.75) is 25.9 Å². The Kier molecular flexibility index (Phi) is 8.50. The zero-order chi connectivity index (χ0) is 30.4. The predicted octanol–water partition coefficient (Wildman–Crippen LogP) is 2.16. The number of carbonyl (C=O) groups is 3. The van der Waals surface area contributed by atoms with E-state index < -0.39 is 39.5 Å². The molecule has 2 aromatic carbocycles. The van der Waals surface area contributed by atoms with Gasteiger partial charge in [0.15, 0.2) is 11.1 Å². The molecular formula is C25H22N8O9. The number of ether oxygens (including phenoxy) is 2. The lowest BCUT2D eigenvalue weighted by molar-refractivity contribution is -0.390. The lowest BCUT2D eigenvalue weighted by Gasteiger charge is -2.12. The van der Waals surface area contributed by atoms with Crippen molar-refractivity contribution in [3.63, 3.8) is 0 Å². The summed E-state index contributed by atoms with van der Waals surface area (Å²) in [5, 5.41) is 29.9. The molecule has 0 saturated carbocycles. The third kappa shape index (κ3) is 6.71. The lowest BCUT2D eigenvalue weighted by atomic mass is 10.1. The second-order valence-electron chi connectivity index (χ2n) is 8.67. The smallest absolute Gasteiger partial charge is 0.394 e. The number of carbonyl (C=O) groups excluding carboxylic acids is 3. The number of aromatic nitrogens is 4. The number of amides is 2. The Balaban J connectivity index is 1.42. The van der Waals surface area contributed by atoms with Crippen LogP contribution in [0.15, 0.2) is 60.9 Å². The molecule has 0 saturated heterocycles. The average molecular weight is 578 g/mol. The summed E-state index contributed by atoms with van der Waals surface area (Å²) in [4.78, 5) is 56.3. The lowest BCUT2D eigenvalue weighted by Crippen LogP contribution is -2.16. The van der Waals surface area contributed by atoms with E-state index in [0.717, 1.165) is 0 Å². The zero-order valence-corrected chi connectivity index (χ0v) is 21.6. The Hall–Kier alpha value is -6.13. The molecule has 0 aliphatic heterocycles. The molecule has 2 amide bonds. The molecule has 0 unspecified atom stereocenters. The number of nitrogens with two attached hydrogens (primary N) is 2. The molecule has 42 heavy (non-hydrogen) atoms. The number of hydrogen-bond donors (Lipinski definition) is 2. The standard InChI is InChI=1S/C25H22N8O9/c26-21(34)17-13-30(28-23(17)32(37)38)11-9-15-5-1-3-7-19(15)41-25(36)42-20-8-4-2-6-16(20)10-12-31-14-18(22(27)35)24(29-31)33(39)40/h1-8,13-14H,9-12H2,(H2,26,34)(H2,27,35). The predicted molar refractivity (Wildman–Crippen MR) is 142 cm³/mol. The minimum atomic E-state index is -1.05. The number of aryl methyl sites for hydroxylation is 4. The second-order valence-corrected chi connectivity index (χ2v) is 8.67. The van der Waals surface area contributed by atoms with Crippen molar-refractivity contribution >= 4 is 29.6 Å². The Bertz CT molecular complexity index is 1510. The van der Waals surface area contributed by atoms with Crippen molar-refractivity contribution < 1.29 is 33.7 Å². The van der Waals surface area contributed by atoms with E-state index in [1.165, 1.54) is 33.9 Å². The number of primary amides is 2. The van der Waals surface area contributed by atoms with Crippen LogP contribution >= 0.6 is 0 Å². The van der Waals surface area contributed by atoms with E-state index in [1.807, 2.05) is 0 Å². The molecule has 17 nitrogen and oxygen atoms in total. The van der Waals surface area contributed by atoms with Crippen molar-refractivity contribution in [1.82, 2.24) is 19.6 Å². The third-order valence-electron chi connectivity index (χ3n) is 5.91. The molecule has 0 radical (unpaired) electrons. The molecule has 0 aliphatic rings. The number of benzene rings is 2. The highest BCUT2D eigenvalue weighted by molar-refractivity contribution is 5.96. The Labute approximate surface area is 235 Å². The van der Waals surface area contributed by atoms with Crippen LogP contribution in [0.1, 0.15) is 31.8 Å². The van der Waals surface area contributed by atoms with Crippen molar-refractivity contribution in [2.24, 2.45) is 11.5 Å². The van der Waals surface area contributed by atoms with Gasteiger partial charge in [-0.25, -0.2) is 4.79 Å². The summed E-state index contributed by atoms with van der Waals surface area (Å²) in [5.74, 6) is -2.96. The quantitative estimate of drug-likeness (QED) is 0.107. The van der Waals surface area contributed by atoms with Gasteiger partial charge in [0.2, 0.25) is 0 Å². The molecule has 216 valence electrons. The van der Waals surface area contributed by atoms with Crippen molar-refractivity contribution in [1.29, 1.82) is 0 Å². The van der Waals surface area contributed by atoms with Crippen molar-refractivity contribution in [2.75, 3.05) is 0 Å². The van der Waals surface area contributed by atoms with Crippen LogP contribution in [0.25, 0.3) is 0 Å². The van der Waals surface area contributed by atoms with E-state index in [4.69, 9.17) is 20.9 Å². The first-order valence-electron chi connectivity index (χ1n) is 12.1. The minimum absolute atomic E-state index is 0.107. The Morgan fingerprint density at radius 2 is 1.10 bits per heavy atom. The summed E-state index contributed by atoms with van der Waals surface area (Å²) in [6.07, 6.45) is 1.74. The van der Waals surface area contributed by atoms with Gasteiger partial charge in [0.1, 0.15) is 11.5 Å². The second kappa shape index (κ2) is 12.4. The number of rotatable bonds is 12. The molecule has 0 bridgehead atoms. The van der Waals surface area contributed by atoms with E-state index >= 15 is 0 Å². The molecule has 0 atom stereocenters. The van der Waals surface area contributed by atoms with Crippen molar-refractivity contribution in [3.05, 3.63) is 103 Å². The summed E-state index contributed by atoms with van der Waals surface area (Å²) < 4.78 is 13.2. The van der Waals surface area contributed by atoms with Crippen LogP contribution in [0.4, 0.5) is 16.4 Å². The van der Waals surface area contributed by atoms with Gasteiger partial charge < -0.3 is 41.2 Å². The SMILES string of the molecule is NC(=O)c1cn(CCc2ccccc2OC(=O)Oc2ccccc2CCn2cc(C(N)=O)c([N+](=O)[O-])n2)nc1[N+](=O)[O-]. The maximum absolute atomic E-state index is 12.7. The molecule has 4 aromatic rings. The first kappa shape index (κ1) is 28.9. The third-order valence-corrected chi connectivity index (χ3v) is 5.91. The van der Waals surface area contributed by atoms with Crippen LogP contribution in [0.3, 0.4) is 0 Å². The van der Waals surface area contributed by atoms with Gasteiger partial charge in [-0.1, -0.05) is 36.4 Å². The van der Waals surface area contributed by atoms with E-state index in [-0.39, 0.29) is 48.6 Å². The van der Waals surface area contributed by atoms with Crippen LogP contribution < -0.4 is 20.9 Å². The normalized spacial score (nSPS) is 10.7. The molecule has 4 N–H and O–H groups in total. The summed E-state index contributed by atoms with van der Waals surface area (Å²) in [6, 6.07) is 13.1. The minimum Gasteiger partial charge on any atom is -0.394 e. The Morgan fingerprint density at radius 3 is 1.43 bits per heavy atom. The van der Waals surface area contributed by atoms with Gasteiger partial charge in [-0.05, 0) is 45.9 Å². The summed E-state index contributed by atoms with van der Waals surface area (Å²) in [6.45, 7) is 0.213. The van der Waals surface area contributed by atoms with Gasteiger partial charge >= 0.3 is 17.8 Å². The van der Waals surface area contributed by atoms with Crippen LogP contribution in [0, 0.1) is 20.2 Å². The molecule has 2 heterocycles. The molecule has 0 spiro atoms.